The zero-order valence-electron chi connectivity index (χ0n) is 16.5. The summed E-state index contributed by atoms with van der Waals surface area (Å²) >= 11 is 0. The van der Waals surface area contributed by atoms with Gasteiger partial charge in [0.05, 0.1) is 0 Å². The number of hydrogen-bond acceptors (Lipinski definition) is 3. The lowest BCUT2D eigenvalue weighted by Gasteiger charge is -2.34. The molecule has 1 aromatic carbocycles. The molecule has 148 valence electrons. The zero-order chi connectivity index (χ0) is 19.1. The molecule has 1 aromatic rings. The predicted octanol–water partition coefficient (Wildman–Crippen LogP) is 3.10. The van der Waals surface area contributed by atoms with Gasteiger partial charge in [-0.2, -0.15) is 0 Å². The molecule has 0 radical (unpaired) electrons. The summed E-state index contributed by atoms with van der Waals surface area (Å²) < 4.78 is 0. The highest BCUT2D eigenvalue weighted by Crippen LogP contribution is 2.24. The molecule has 0 atom stereocenters. The summed E-state index contributed by atoms with van der Waals surface area (Å²) in [4.78, 5) is 27.2. The Morgan fingerprint density at radius 3 is 2.37 bits per heavy atom. The van der Waals surface area contributed by atoms with Crippen molar-refractivity contribution in [1.29, 1.82) is 0 Å². The van der Waals surface area contributed by atoms with Crippen LogP contribution in [0.4, 0.5) is 0 Å². The lowest BCUT2D eigenvalue weighted by molar-refractivity contribution is -0.124. The third-order valence-electron chi connectivity index (χ3n) is 5.87. The van der Waals surface area contributed by atoms with Gasteiger partial charge in [-0.05, 0) is 62.9 Å². The first-order valence-corrected chi connectivity index (χ1v) is 10.6. The maximum absolute atomic E-state index is 13.0. The average molecular weight is 372 g/mol. The van der Waals surface area contributed by atoms with E-state index in [1.807, 2.05) is 24.3 Å². The second-order valence-corrected chi connectivity index (χ2v) is 7.88. The maximum Gasteiger partial charge on any atom is 0.254 e. The molecule has 27 heavy (non-hydrogen) atoms. The minimum absolute atomic E-state index is 0.130. The first kappa shape index (κ1) is 19.9. The second-order valence-electron chi connectivity index (χ2n) is 7.88. The SMILES string of the molecule is CCCN(C(=O)c1ccc(CNC(=O)C2CCCC2)cc1)C1CCNCC1. The molecule has 3 rings (SSSR count). The summed E-state index contributed by atoms with van der Waals surface area (Å²) in [5.74, 6) is 0.497. The van der Waals surface area contributed by atoms with Crippen molar-refractivity contribution in [2.75, 3.05) is 19.6 Å². The Morgan fingerprint density at radius 1 is 1.07 bits per heavy atom. The van der Waals surface area contributed by atoms with Crippen molar-refractivity contribution < 1.29 is 9.59 Å². The monoisotopic (exact) mass is 371 g/mol. The van der Waals surface area contributed by atoms with Crippen molar-refractivity contribution in [3.8, 4) is 0 Å². The number of benzene rings is 1. The summed E-state index contributed by atoms with van der Waals surface area (Å²) in [6.07, 6.45) is 7.39. The normalized spacial score (nSPS) is 18.4. The van der Waals surface area contributed by atoms with Crippen molar-refractivity contribution in [3.63, 3.8) is 0 Å². The molecule has 1 aliphatic heterocycles. The molecule has 5 heteroatoms. The van der Waals surface area contributed by atoms with Gasteiger partial charge in [0.1, 0.15) is 0 Å². The molecule has 2 amide bonds. The second kappa shape index (κ2) is 9.88. The van der Waals surface area contributed by atoms with Gasteiger partial charge in [0.25, 0.3) is 5.91 Å². The summed E-state index contributed by atoms with van der Waals surface area (Å²) in [5.41, 5.74) is 1.79. The highest BCUT2D eigenvalue weighted by Gasteiger charge is 2.25. The number of carbonyl (C=O) groups is 2. The lowest BCUT2D eigenvalue weighted by atomic mass is 10.0. The van der Waals surface area contributed by atoms with Crippen molar-refractivity contribution in [1.82, 2.24) is 15.5 Å². The molecule has 1 aliphatic carbocycles. The van der Waals surface area contributed by atoms with E-state index in [9.17, 15) is 9.59 Å². The molecule has 1 saturated carbocycles. The molecule has 0 spiro atoms. The number of carbonyl (C=O) groups excluding carboxylic acids is 2. The fraction of sp³-hybridized carbons (Fsp3) is 0.636. The van der Waals surface area contributed by atoms with E-state index < -0.39 is 0 Å². The Bertz CT molecular complexity index is 617. The van der Waals surface area contributed by atoms with Gasteiger partial charge >= 0.3 is 0 Å². The number of hydrogen-bond donors (Lipinski definition) is 2. The first-order chi connectivity index (χ1) is 13.2. The van der Waals surface area contributed by atoms with Crippen molar-refractivity contribution in [2.24, 2.45) is 5.92 Å². The minimum atomic E-state index is 0.130. The largest absolute Gasteiger partial charge is 0.352 e. The number of nitrogens with zero attached hydrogens (tertiary/aromatic N) is 1. The topological polar surface area (TPSA) is 61.4 Å². The first-order valence-electron chi connectivity index (χ1n) is 10.6. The zero-order valence-corrected chi connectivity index (χ0v) is 16.5. The van der Waals surface area contributed by atoms with E-state index in [1.54, 1.807) is 0 Å². The van der Waals surface area contributed by atoms with Crippen molar-refractivity contribution >= 4 is 11.8 Å². The third kappa shape index (κ3) is 5.32. The third-order valence-corrected chi connectivity index (χ3v) is 5.87. The van der Waals surface area contributed by atoms with Crippen LogP contribution in [0.5, 0.6) is 0 Å². The Labute approximate surface area is 162 Å². The molecule has 2 N–H and O–H groups in total. The molecule has 2 aliphatic rings. The minimum Gasteiger partial charge on any atom is -0.352 e. The fourth-order valence-electron chi connectivity index (χ4n) is 4.26. The van der Waals surface area contributed by atoms with Gasteiger partial charge in [0.2, 0.25) is 5.91 Å². The van der Waals surface area contributed by atoms with E-state index in [0.717, 1.165) is 62.9 Å². The number of amides is 2. The number of rotatable bonds is 7. The van der Waals surface area contributed by atoms with E-state index >= 15 is 0 Å². The van der Waals surface area contributed by atoms with E-state index in [4.69, 9.17) is 0 Å². The van der Waals surface area contributed by atoms with Gasteiger partial charge in [0.15, 0.2) is 0 Å². The standard InChI is InChI=1S/C22H33N3O2/c1-2-15-25(20-11-13-23-14-12-20)22(27)19-9-7-17(8-10-19)16-24-21(26)18-5-3-4-6-18/h7-10,18,20,23H,2-6,11-16H2,1H3,(H,24,26). The smallest absolute Gasteiger partial charge is 0.254 e. The molecule has 5 nitrogen and oxygen atoms in total. The number of piperidine rings is 1. The predicted molar refractivity (Wildman–Crippen MR) is 107 cm³/mol. The van der Waals surface area contributed by atoms with E-state index in [1.165, 1.54) is 12.8 Å². The molecule has 2 fully saturated rings. The quantitative estimate of drug-likeness (QED) is 0.774. The Hall–Kier alpha value is -1.88. The van der Waals surface area contributed by atoms with Crippen molar-refractivity contribution in [2.45, 2.75) is 64.5 Å². The Kier molecular flexibility index (Phi) is 7.27. The van der Waals surface area contributed by atoms with Crippen LogP contribution in [0.3, 0.4) is 0 Å². The van der Waals surface area contributed by atoms with Crippen LogP contribution in [0.2, 0.25) is 0 Å². The fourth-order valence-corrected chi connectivity index (χ4v) is 4.26. The maximum atomic E-state index is 13.0. The summed E-state index contributed by atoms with van der Waals surface area (Å²) in [7, 11) is 0. The molecule has 0 unspecified atom stereocenters. The molecular formula is C22H33N3O2. The van der Waals surface area contributed by atoms with E-state index in [0.29, 0.717) is 12.6 Å². The van der Waals surface area contributed by atoms with Crippen LogP contribution in [-0.4, -0.2) is 42.4 Å². The van der Waals surface area contributed by atoms with Crippen LogP contribution in [0.1, 0.15) is 67.8 Å². The Balaban J connectivity index is 1.57. The molecule has 0 bridgehead atoms. The summed E-state index contributed by atoms with van der Waals surface area (Å²) in [6.45, 7) is 5.44. The highest BCUT2D eigenvalue weighted by atomic mass is 16.2. The van der Waals surface area contributed by atoms with Crippen LogP contribution in [0, 0.1) is 5.92 Å². The lowest BCUT2D eigenvalue weighted by Crippen LogP contribution is -2.46. The van der Waals surface area contributed by atoms with E-state index in [-0.39, 0.29) is 17.7 Å². The van der Waals surface area contributed by atoms with Gasteiger partial charge < -0.3 is 15.5 Å². The average Bonchev–Trinajstić information content (AvgIpc) is 3.26. The number of nitrogens with one attached hydrogen (secondary N) is 2. The highest BCUT2D eigenvalue weighted by molar-refractivity contribution is 5.94. The van der Waals surface area contributed by atoms with Gasteiger partial charge in [-0.15, -0.1) is 0 Å². The van der Waals surface area contributed by atoms with Gasteiger partial charge in [-0.1, -0.05) is 31.9 Å². The summed E-state index contributed by atoms with van der Waals surface area (Å²) in [6, 6.07) is 8.08. The van der Waals surface area contributed by atoms with Crippen LogP contribution >= 0.6 is 0 Å². The van der Waals surface area contributed by atoms with Gasteiger partial charge in [0, 0.05) is 30.6 Å². The molecule has 1 saturated heterocycles. The van der Waals surface area contributed by atoms with Crippen LogP contribution < -0.4 is 10.6 Å². The summed E-state index contributed by atoms with van der Waals surface area (Å²) in [5, 5.41) is 6.41. The van der Waals surface area contributed by atoms with Crippen LogP contribution in [0.15, 0.2) is 24.3 Å². The van der Waals surface area contributed by atoms with Crippen LogP contribution in [0.25, 0.3) is 0 Å². The van der Waals surface area contributed by atoms with E-state index in [2.05, 4.69) is 22.5 Å². The molecular weight excluding hydrogens is 338 g/mol. The molecule has 0 aromatic heterocycles. The van der Waals surface area contributed by atoms with Gasteiger partial charge in [-0.3, -0.25) is 9.59 Å². The molecule has 1 heterocycles. The van der Waals surface area contributed by atoms with Crippen LogP contribution in [-0.2, 0) is 11.3 Å². The Morgan fingerprint density at radius 2 is 1.74 bits per heavy atom. The van der Waals surface area contributed by atoms with Crippen molar-refractivity contribution in [3.05, 3.63) is 35.4 Å². The van der Waals surface area contributed by atoms with Gasteiger partial charge in [-0.25, -0.2) is 0 Å².